The Hall–Kier alpha value is 0.941. The first-order valence-corrected chi connectivity index (χ1v) is 17.5. The normalized spacial score (nSPS) is 41.5. The largest absolute Gasteiger partial charge is 0.557 e. The quantitative estimate of drug-likeness (QED) is 0.422. The second kappa shape index (κ2) is 5.86. The minimum atomic E-state index is -3.53. The third-order valence-corrected chi connectivity index (χ3v) is 21.1. The van der Waals surface area contributed by atoms with Crippen LogP contribution < -0.4 is 0 Å². The van der Waals surface area contributed by atoms with Crippen LogP contribution in [0.3, 0.4) is 0 Å². The van der Waals surface area contributed by atoms with Crippen LogP contribution in [0.25, 0.3) is 0 Å². The van der Waals surface area contributed by atoms with E-state index < -0.39 is 54.3 Å². The van der Waals surface area contributed by atoms with E-state index in [-0.39, 0.29) is 0 Å². The Balaban J connectivity index is 2.27. The molecule has 15 heteroatoms. The lowest BCUT2D eigenvalue weighted by Crippen LogP contribution is -2.65. The molecule has 2 aliphatic heterocycles. The number of hydrogen-bond acceptors (Lipinski definition) is 9. The smallest absolute Gasteiger partial charge is 0.416 e. The van der Waals surface area contributed by atoms with Crippen molar-refractivity contribution in [3.8, 4) is 0 Å². The van der Waals surface area contributed by atoms with Gasteiger partial charge in [0.15, 0.2) is 0 Å². The van der Waals surface area contributed by atoms with Crippen molar-refractivity contribution < 1.29 is 39.1 Å². The molecule has 0 amide bonds. The molecule has 0 aromatic carbocycles. The lowest BCUT2D eigenvalue weighted by Gasteiger charge is -2.43. The Morgan fingerprint density at radius 3 is 2.05 bits per heavy atom. The first-order valence-electron chi connectivity index (χ1n) is 5.83. The molecule has 2 rings (SSSR count). The van der Waals surface area contributed by atoms with Crippen molar-refractivity contribution >= 4 is 54.3 Å². The van der Waals surface area contributed by atoms with E-state index in [0.29, 0.717) is 5.67 Å². The van der Waals surface area contributed by atoms with Crippen molar-refractivity contribution in [1.29, 1.82) is 0 Å². The minimum absolute atomic E-state index is 0.313. The van der Waals surface area contributed by atoms with E-state index >= 15 is 0 Å². The standard InChI is InChI=1S/C5H17O9Si6/c1-18(2)11-16(6)9-15-5-19(3,13-18)14-20(4,8)12-17(7)10-15/h6-8H,5H2,1-4H3. The highest BCUT2D eigenvalue weighted by molar-refractivity contribution is 6.92. The highest BCUT2D eigenvalue weighted by Gasteiger charge is 2.56. The fraction of sp³-hybridized carbons (Fsp3) is 1.00. The molecular formula is C5H17O9Si6. The predicted octanol–water partition coefficient (Wildman–Crippen LogP) is -1.57. The van der Waals surface area contributed by atoms with E-state index in [2.05, 4.69) is 0 Å². The van der Waals surface area contributed by atoms with Crippen LogP contribution in [0.2, 0.25) is 31.9 Å². The first kappa shape index (κ1) is 17.3. The molecule has 0 aromatic heterocycles. The summed E-state index contributed by atoms with van der Waals surface area (Å²) in [6, 6.07) is 0. The van der Waals surface area contributed by atoms with Crippen LogP contribution in [-0.4, -0.2) is 68.7 Å². The van der Waals surface area contributed by atoms with Gasteiger partial charge in [0.1, 0.15) is 0 Å². The maximum atomic E-state index is 10.1. The number of hydrogen-bond donors (Lipinski definition) is 3. The van der Waals surface area contributed by atoms with Gasteiger partial charge in [-0.25, -0.2) is 0 Å². The van der Waals surface area contributed by atoms with Gasteiger partial charge in [0.2, 0.25) is 0 Å². The second-order valence-electron chi connectivity index (χ2n) is 5.12. The van der Waals surface area contributed by atoms with Crippen LogP contribution in [0.4, 0.5) is 0 Å². The monoisotopic (exact) mass is 389 g/mol. The van der Waals surface area contributed by atoms with Crippen molar-refractivity contribution in [3.63, 3.8) is 0 Å². The van der Waals surface area contributed by atoms with Gasteiger partial charge in [0.05, 0.1) is 0 Å². The molecule has 2 saturated heterocycles. The fourth-order valence-corrected chi connectivity index (χ4v) is 23.0. The van der Waals surface area contributed by atoms with Crippen LogP contribution in [-0.2, 0) is 24.7 Å². The van der Waals surface area contributed by atoms with Gasteiger partial charge in [0, 0.05) is 12.2 Å². The maximum Gasteiger partial charge on any atom is 0.557 e. The van der Waals surface area contributed by atoms with Crippen molar-refractivity contribution in [2.75, 3.05) is 0 Å². The van der Waals surface area contributed by atoms with Gasteiger partial charge in [-0.3, -0.25) is 0 Å². The molecule has 2 bridgehead atoms. The number of fused-ring (bicyclic) bond motifs is 2. The molecule has 9 nitrogen and oxygen atoms in total. The van der Waals surface area contributed by atoms with Gasteiger partial charge in [-0.1, -0.05) is 0 Å². The molecule has 2 fully saturated rings. The van der Waals surface area contributed by atoms with E-state index in [1.165, 1.54) is 6.55 Å². The van der Waals surface area contributed by atoms with Gasteiger partial charge in [-0.05, 0) is 19.6 Å². The van der Waals surface area contributed by atoms with Crippen LogP contribution in [0, 0.1) is 0 Å². The SMILES string of the molecule is C[Si]1(C)O[Si](O)O[Si]2C[Si](C)(O1)O[Si](C)(O)O[Si](O)O2. The third-order valence-electron chi connectivity index (χ3n) is 2.34. The maximum absolute atomic E-state index is 10.1. The lowest BCUT2D eigenvalue weighted by molar-refractivity contribution is 0.151. The summed E-state index contributed by atoms with van der Waals surface area (Å²) in [6.45, 7) is 6.73. The van der Waals surface area contributed by atoms with Crippen molar-refractivity contribution in [1.82, 2.24) is 0 Å². The molecule has 3 radical (unpaired) electrons. The Labute approximate surface area is 125 Å². The molecule has 2 atom stereocenters. The summed E-state index contributed by atoms with van der Waals surface area (Å²) in [5.74, 6) is 0. The van der Waals surface area contributed by atoms with Crippen LogP contribution >= 0.6 is 0 Å². The zero-order valence-electron chi connectivity index (χ0n) is 11.5. The second-order valence-corrected chi connectivity index (χ2v) is 20.1. The molecule has 2 unspecified atom stereocenters. The van der Waals surface area contributed by atoms with Gasteiger partial charge < -0.3 is 39.1 Å². The van der Waals surface area contributed by atoms with Gasteiger partial charge >= 0.3 is 54.3 Å². The molecule has 0 saturated carbocycles. The Morgan fingerprint density at radius 2 is 1.45 bits per heavy atom. The fourth-order valence-electron chi connectivity index (χ4n) is 2.02. The highest BCUT2D eigenvalue weighted by Crippen LogP contribution is 2.30. The van der Waals surface area contributed by atoms with E-state index in [1.54, 1.807) is 19.6 Å². The average molecular weight is 390 g/mol. The highest BCUT2D eigenvalue weighted by atomic mass is 28.5. The van der Waals surface area contributed by atoms with Crippen molar-refractivity contribution in [2.45, 2.75) is 31.9 Å². The molecule has 0 aliphatic carbocycles. The lowest BCUT2D eigenvalue weighted by atomic mass is 11.8. The average Bonchev–Trinajstić information content (AvgIpc) is 2.06. The molecule has 115 valence electrons. The van der Waals surface area contributed by atoms with E-state index in [4.69, 9.17) is 24.7 Å². The molecule has 0 spiro atoms. The van der Waals surface area contributed by atoms with Gasteiger partial charge in [-0.15, -0.1) is 0 Å². The van der Waals surface area contributed by atoms with E-state index in [0.717, 1.165) is 0 Å². The van der Waals surface area contributed by atoms with E-state index in [9.17, 15) is 14.4 Å². The molecule has 20 heavy (non-hydrogen) atoms. The summed E-state index contributed by atoms with van der Waals surface area (Å²) < 4.78 is 33.0. The first-order chi connectivity index (χ1) is 8.99. The summed E-state index contributed by atoms with van der Waals surface area (Å²) >= 11 is 0. The predicted molar refractivity (Wildman–Crippen MR) is 76.0 cm³/mol. The summed E-state index contributed by atoms with van der Waals surface area (Å²) in [4.78, 5) is 29.6. The Morgan fingerprint density at radius 1 is 0.900 bits per heavy atom. The summed E-state index contributed by atoms with van der Waals surface area (Å²) in [5, 5.41) is 0. The molecule has 2 aliphatic rings. The topological polar surface area (TPSA) is 116 Å². The van der Waals surface area contributed by atoms with E-state index in [1.807, 2.05) is 0 Å². The Kier molecular flexibility index (Phi) is 5.07. The zero-order valence-corrected chi connectivity index (χ0v) is 17.5. The van der Waals surface area contributed by atoms with Crippen LogP contribution in [0.5, 0.6) is 0 Å². The zero-order chi connectivity index (χ0) is 15.2. The molecular weight excluding hydrogens is 373 g/mol. The van der Waals surface area contributed by atoms with Crippen LogP contribution in [0.1, 0.15) is 0 Å². The van der Waals surface area contributed by atoms with Gasteiger partial charge in [-0.2, -0.15) is 0 Å². The van der Waals surface area contributed by atoms with Crippen molar-refractivity contribution in [2.24, 2.45) is 0 Å². The summed E-state index contributed by atoms with van der Waals surface area (Å²) in [6.07, 6.45) is 0. The summed E-state index contributed by atoms with van der Waals surface area (Å²) in [5.41, 5.74) is 0.313. The van der Waals surface area contributed by atoms with Crippen molar-refractivity contribution in [3.05, 3.63) is 0 Å². The minimum Gasteiger partial charge on any atom is -0.416 e. The third kappa shape index (κ3) is 4.72. The van der Waals surface area contributed by atoms with Gasteiger partial charge in [0.25, 0.3) is 0 Å². The number of rotatable bonds is 0. The Bertz CT molecular complexity index is 339. The van der Waals surface area contributed by atoms with Crippen LogP contribution in [0.15, 0.2) is 0 Å². The molecule has 0 aromatic rings. The molecule has 3 N–H and O–H groups in total. The summed E-state index contributed by atoms with van der Waals surface area (Å²) in [7, 11) is -16.2. The molecule has 2 heterocycles.